The maximum absolute atomic E-state index is 12.3. The van der Waals surface area contributed by atoms with Crippen molar-refractivity contribution in [2.45, 2.75) is 6.42 Å². The highest BCUT2D eigenvalue weighted by molar-refractivity contribution is 8.26. The molecule has 0 N–H and O–H groups in total. The first-order valence-electron chi connectivity index (χ1n) is 6.89. The van der Waals surface area contributed by atoms with E-state index < -0.39 is 5.97 Å². The van der Waals surface area contributed by atoms with Gasteiger partial charge in [-0.05, 0) is 23.8 Å². The van der Waals surface area contributed by atoms with Crippen molar-refractivity contribution in [2.24, 2.45) is 0 Å². The molecule has 1 aromatic rings. The molecule has 3 rings (SSSR count). The maximum atomic E-state index is 12.3. The van der Waals surface area contributed by atoms with Gasteiger partial charge in [-0.3, -0.25) is 9.69 Å². The number of thioether (sulfide) groups is 1. The van der Waals surface area contributed by atoms with Crippen molar-refractivity contribution < 1.29 is 24.2 Å². The highest BCUT2D eigenvalue weighted by Crippen LogP contribution is 2.35. The summed E-state index contributed by atoms with van der Waals surface area (Å²) in [6, 6.07) is 5.40. The molecule has 0 aliphatic carbocycles. The molecule has 2 aliphatic heterocycles. The van der Waals surface area contributed by atoms with Crippen LogP contribution in [-0.4, -0.2) is 40.9 Å². The molecule has 0 spiro atoms. The van der Waals surface area contributed by atoms with E-state index in [0.717, 1.165) is 17.3 Å². The van der Waals surface area contributed by atoms with E-state index in [1.165, 1.54) is 4.90 Å². The first-order valence-corrected chi connectivity index (χ1v) is 8.12. The van der Waals surface area contributed by atoms with E-state index in [-0.39, 0.29) is 18.9 Å². The van der Waals surface area contributed by atoms with Gasteiger partial charge >= 0.3 is 0 Å². The first-order chi connectivity index (χ1) is 11.0. The topological polar surface area (TPSA) is 78.9 Å². The van der Waals surface area contributed by atoms with Crippen molar-refractivity contribution in [2.75, 3.05) is 19.8 Å². The fourth-order valence-electron chi connectivity index (χ4n) is 2.20. The molecule has 0 radical (unpaired) electrons. The quantitative estimate of drug-likeness (QED) is 0.587. The summed E-state index contributed by atoms with van der Waals surface area (Å²) in [5.41, 5.74) is 0.787. The number of rotatable bonds is 4. The summed E-state index contributed by atoms with van der Waals surface area (Å²) in [6.07, 6.45) is 1.46. The zero-order valence-electron chi connectivity index (χ0n) is 11.9. The number of thiocarbonyl (C=S) groups is 1. The van der Waals surface area contributed by atoms with Crippen molar-refractivity contribution in [1.82, 2.24) is 4.90 Å². The maximum Gasteiger partial charge on any atom is 0.266 e. The second kappa shape index (κ2) is 6.59. The number of carboxylic acids is 1. The zero-order valence-corrected chi connectivity index (χ0v) is 13.6. The lowest BCUT2D eigenvalue weighted by Crippen LogP contribution is -2.33. The SMILES string of the molecule is O=C([O-])CCN1C(=O)/C(=C\c2ccc3c(c2)OCCO3)SC1=S. The molecule has 0 atom stereocenters. The molecule has 23 heavy (non-hydrogen) atoms. The number of nitrogens with zero attached hydrogens (tertiary/aromatic N) is 1. The van der Waals surface area contributed by atoms with Crippen LogP contribution < -0.4 is 14.6 Å². The van der Waals surface area contributed by atoms with E-state index >= 15 is 0 Å². The molecule has 1 aromatic carbocycles. The standard InChI is InChI=1S/C15H13NO5S2/c17-13(18)3-4-16-14(19)12(23-15(16)22)8-9-1-2-10-11(7-9)21-6-5-20-10/h1-2,7-8H,3-6H2,(H,17,18)/p-1/b12-8+. The normalized spacial score (nSPS) is 18.6. The van der Waals surface area contributed by atoms with Gasteiger partial charge in [0, 0.05) is 18.9 Å². The molecule has 1 amide bonds. The van der Waals surface area contributed by atoms with Crippen LogP contribution in [0.25, 0.3) is 6.08 Å². The van der Waals surface area contributed by atoms with E-state index in [0.29, 0.717) is 33.9 Å². The number of fused-ring (bicyclic) bond motifs is 1. The van der Waals surface area contributed by atoms with E-state index in [1.54, 1.807) is 18.2 Å². The van der Waals surface area contributed by atoms with Crippen LogP contribution in [0, 0.1) is 0 Å². The average Bonchev–Trinajstić information content (AvgIpc) is 2.79. The fourth-order valence-corrected chi connectivity index (χ4v) is 3.51. The molecule has 1 fully saturated rings. The summed E-state index contributed by atoms with van der Waals surface area (Å²) in [4.78, 5) is 24.6. The Balaban J connectivity index is 1.79. The Labute approximate surface area is 142 Å². The van der Waals surface area contributed by atoms with Gasteiger partial charge in [0.05, 0.1) is 4.91 Å². The Morgan fingerprint density at radius 2 is 2.09 bits per heavy atom. The minimum absolute atomic E-state index is 0.0193. The second-order valence-corrected chi connectivity index (χ2v) is 6.53. The van der Waals surface area contributed by atoms with Gasteiger partial charge in [-0.1, -0.05) is 30.0 Å². The Hall–Kier alpha value is -2.06. The van der Waals surface area contributed by atoms with Crippen LogP contribution in [0.3, 0.4) is 0 Å². The fraction of sp³-hybridized carbons (Fsp3) is 0.267. The van der Waals surface area contributed by atoms with Crippen LogP contribution in [0.4, 0.5) is 0 Å². The zero-order chi connectivity index (χ0) is 16.4. The van der Waals surface area contributed by atoms with Gasteiger partial charge in [0.2, 0.25) is 0 Å². The summed E-state index contributed by atoms with van der Waals surface area (Å²) in [5.74, 6) is -0.196. The highest BCUT2D eigenvalue weighted by Gasteiger charge is 2.31. The van der Waals surface area contributed by atoms with Gasteiger partial charge in [-0.2, -0.15) is 0 Å². The van der Waals surface area contributed by atoms with Gasteiger partial charge < -0.3 is 19.4 Å². The third-order valence-corrected chi connectivity index (χ3v) is 4.65. The minimum Gasteiger partial charge on any atom is -0.550 e. The van der Waals surface area contributed by atoms with E-state index in [4.69, 9.17) is 21.7 Å². The molecule has 2 heterocycles. The number of hydrogen-bond acceptors (Lipinski definition) is 7. The Morgan fingerprint density at radius 3 is 2.83 bits per heavy atom. The molecule has 0 aromatic heterocycles. The monoisotopic (exact) mass is 350 g/mol. The third-order valence-electron chi connectivity index (χ3n) is 3.28. The van der Waals surface area contributed by atoms with Crippen molar-refractivity contribution in [3.63, 3.8) is 0 Å². The summed E-state index contributed by atoms with van der Waals surface area (Å²) in [7, 11) is 0. The Morgan fingerprint density at radius 1 is 1.35 bits per heavy atom. The lowest BCUT2D eigenvalue weighted by atomic mass is 10.1. The van der Waals surface area contributed by atoms with Gasteiger partial charge in [0.15, 0.2) is 11.5 Å². The lowest BCUT2D eigenvalue weighted by molar-refractivity contribution is -0.305. The number of ether oxygens (including phenoxy) is 2. The molecule has 0 saturated carbocycles. The number of carbonyl (C=O) groups is 2. The van der Waals surface area contributed by atoms with Crippen LogP contribution in [0.15, 0.2) is 23.1 Å². The molecular formula is C15H12NO5S2-. The number of aliphatic carboxylic acids is 1. The van der Waals surface area contributed by atoms with E-state index in [2.05, 4.69) is 0 Å². The number of amides is 1. The van der Waals surface area contributed by atoms with Gasteiger partial charge in [0.1, 0.15) is 17.5 Å². The molecule has 2 aliphatic rings. The van der Waals surface area contributed by atoms with Crippen molar-refractivity contribution >= 4 is 46.3 Å². The summed E-state index contributed by atoms with van der Waals surface area (Å²) >= 11 is 6.28. The first kappa shape index (κ1) is 15.8. The molecule has 6 nitrogen and oxygen atoms in total. The van der Waals surface area contributed by atoms with Crippen molar-refractivity contribution in [1.29, 1.82) is 0 Å². The van der Waals surface area contributed by atoms with Crippen LogP contribution in [-0.2, 0) is 9.59 Å². The number of carbonyl (C=O) groups excluding carboxylic acids is 2. The predicted octanol–water partition coefficient (Wildman–Crippen LogP) is 0.799. The molecule has 0 unspecified atom stereocenters. The lowest BCUT2D eigenvalue weighted by Gasteiger charge is -2.18. The van der Waals surface area contributed by atoms with E-state index in [9.17, 15) is 14.7 Å². The highest BCUT2D eigenvalue weighted by atomic mass is 32.2. The van der Waals surface area contributed by atoms with Gasteiger partial charge in [0.25, 0.3) is 5.91 Å². The van der Waals surface area contributed by atoms with Crippen molar-refractivity contribution in [3.8, 4) is 11.5 Å². The van der Waals surface area contributed by atoms with Gasteiger partial charge in [-0.25, -0.2) is 0 Å². The summed E-state index contributed by atoms with van der Waals surface area (Å²) < 4.78 is 11.3. The van der Waals surface area contributed by atoms with E-state index in [1.807, 2.05) is 6.07 Å². The number of hydrogen-bond donors (Lipinski definition) is 0. The van der Waals surface area contributed by atoms with Gasteiger partial charge in [-0.15, -0.1) is 0 Å². The Bertz CT molecular complexity index is 716. The number of benzene rings is 1. The smallest absolute Gasteiger partial charge is 0.266 e. The second-order valence-electron chi connectivity index (χ2n) is 4.86. The summed E-state index contributed by atoms with van der Waals surface area (Å²) in [6.45, 7) is 1.02. The van der Waals surface area contributed by atoms with Crippen LogP contribution >= 0.6 is 24.0 Å². The molecule has 0 bridgehead atoms. The minimum atomic E-state index is -1.21. The van der Waals surface area contributed by atoms with Crippen molar-refractivity contribution in [3.05, 3.63) is 28.7 Å². The molecular weight excluding hydrogens is 338 g/mol. The van der Waals surface area contributed by atoms with Crippen LogP contribution in [0.1, 0.15) is 12.0 Å². The third kappa shape index (κ3) is 3.48. The summed E-state index contributed by atoms with van der Waals surface area (Å²) in [5, 5.41) is 10.5. The average molecular weight is 350 g/mol. The van der Waals surface area contributed by atoms with Crippen LogP contribution in [0.2, 0.25) is 0 Å². The molecule has 1 saturated heterocycles. The number of carboxylic acid groups (broad SMARTS) is 1. The predicted molar refractivity (Wildman–Crippen MR) is 86.9 cm³/mol. The Kier molecular flexibility index (Phi) is 4.53. The molecule has 8 heteroatoms. The largest absolute Gasteiger partial charge is 0.550 e. The van der Waals surface area contributed by atoms with Crippen LogP contribution in [0.5, 0.6) is 11.5 Å². The molecule has 120 valence electrons.